The van der Waals surface area contributed by atoms with Gasteiger partial charge in [-0.05, 0) is 52.1 Å². The lowest BCUT2D eigenvalue weighted by Gasteiger charge is -2.08. The molecule has 1 heterocycles. The Kier molecular flexibility index (Phi) is 4.56. The summed E-state index contributed by atoms with van der Waals surface area (Å²) in [6, 6.07) is 39.8. The standard InChI is InChI=1S/C30H19ClO/c31-25-9-4-8-24(19-25)23-7-3-6-22(18-23)20-14-16-21(17-15-20)26-11-5-12-28-27-10-1-2-13-29(27)32-30(26)28/h1-19H. The molecule has 0 unspecified atom stereocenters. The Hall–Kier alpha value is -3.81. The summed E-state index contributed by atoms with van der Waals surface area (Å²) in [5, 5.41) is 3.05. The third-order valence-electron chi connectivity index (χ3n) is 5.95. The highest BCUT2D eigenvalue weighted by atomic mass is 35.5. The van der Waals surface area contributed by atoms with E-state index < -0.39 is 0 Å². The molecule has 0 N–H and O–H groups in total. The van der Waals surface area contributed by atoms with Crippen molar-refractivity contribution in [1.82, 2.24) is 0 Å². The highest BCUT2D eigenvalue weighted by molar-refractivity contribution is 6.30. The second-order valence-electron chi connectivity index (χ2n) is 7.95. The molecule has 0 fully saturated rings. The second-order valence-corrected chi connectivity index (χ2v) is 8.39. The number of benzene rings is 5. The van der Waals surface area contributed by atoms with Crippen LogP contribution in [0.5, 0.6) is 0 Å². The Morgan fingerprint density at radius 3 is 1.91 bits per heavy atom. The average molecular weight is 431 g/mol. The third kappa shape index (κ3) is 3.28. The highest BCUT2D eigenvalue weighted by Gasteiger charge is 2.12. The van der Waals surface area contributed by atoms with E-state index in [0.717, 1.165) is 49.2 Å². The molecule has 6 aromatic rings. The Labute approximate surface area is 191 Å². The van der Waals surface area contributed by atoms with Crippen LogP contribution in [0.2, 0.25) is 5.02 Å². The molecular weight excluding hydrogens is 412 g/mol. The second kappa shape index (κ2) is 7.71. The summed E-state index contributed by atoms with van der Waals surface area (Å²) in [6.07, 6.45) is 0. The lowest BCUT2D eigenvalue weighted by molar-refractivity contribution is 0.670. The first-order chi connectivity index (χ1) is 15.8. The molecule has 1 nitrogen and oxygen atoms in total. The molecule has 0 aliphatic carbocycles. The van der Waals surface area contributed by atoms with E-state index in [0.29, 0.717) is 0 Å². The summed E-state index contributed by atoms with van der Waals surface area (Å²) in [5.41, 5.74) is 8.73. The van der Waals surface area contributed by atoms with E-state index in [1.54, 1.807) is 0 Å². The summed E-state index contributed by atoms with van der Waals surface area (Å²) >= 11 is 6.19. The predicted octanol–water partition coefficient (Wildman–Crippen LogP) is 9.24. The molecule has 5 aromatic carbocycles. The number of fused-ring (bicyclic) bond motifs is 3. The van der Waals surface area contributed by atoms with E-state index >= 15 is 0 Å². The molecule has 0 amide bonds. The predicted molar refractivity (Wildman–Crippen MR) is 135 cm³/mol. The number of hydrogen-bond acceptors (Lipinski definition) is 1. The lowest BCUT2D eigenvalue weighted by atomic mass is 9.96. The molecule has 0 bridgehead atoms. The molecular formula is C30H19ClO. The minimum atomic E-state index is 0.747. The van der Waals surface area contributed by atoms with Gasteiger partial charge in [-0.1, -0.05) is 103 Å². The fourth-order valence-electron chi connectivity index (χ4n) is 4.36. The van der Waals surface area contributed by atoms with Crippen molar-refractivity contribution >= 4 is 33.5 Å². The minimum Gasteiger partial charge on any atom is -0.455 e. The maximum Gasteiger partial charge on any atom is 0.143 e. The zero-order chi connectivity index (χ0) is 21.5. The van der Waals surface area contributed by atoms with Gasteiger partial charge in [-0.3, -0.25) is 0 Å². The number of halogens is 1. The zero-order valence-electron chi connectivity index (χ0n) is 17.3. The molecule has 0 saturated carbocycles. The minimum absolute atomic E-state index is 0.747. The largest absolute Gasteiger partial charge is 0.455 e. The number of rotatable bonds is 3. The topological polar surface area (TPSA) is 13.1 Å². The molecule has 0 aliphatic heterocycles. The van der Waals surface area contributed by atoms with Crippen molar-refractivity contribution in [3.63, 3.8) is 0 Å². The molecule has 0 radical (unpaired) electrons. The van der Waals surface area contributed by atoms with Gasteiger partial charge in [0, 0.05) is 21.4 Å². The monoisotopic (exact) mass is 430 g/mol. The van der Waals surface area contributed by atoms with Crippen molar-refractivity contribution < 1.29 is 4.42 Å². The lowest BCUT2D eigenvalue weighted by Crippen LogP contribution is -1.83. The fourth-order valence-corrected chi connectivity index (χ4v) is 4.55. The Morgan fingerprint density at radius 2 is 1.09 bits per heavy atom. The van der Waals surface area contributed by atoms with Gasteiger partial charge in [-0.2, -0.15) is 0 Å². The molecule has 0 spiro atoms. The van der Waals surface area contributed by atoms with Crippen molar-refractivity contribution in [2.24, 2.45) is 0 Å². The quantitative estimate of drug-likeness (QED) is 0.272. The molecule has 0 atom stereocenters. The number of hydrogen-bond donors (Lipinski definition) is 0. The molecule has 1 aromatic heterocycles. The van der Waals surface area contributed by atoms with Crippen LogP contribution in [0.3, 0.4) is 0 Å². The summed E-state index contributed by atoms with van der Waals surface area (Å²) in [5.74, 6) is 0. The number of para-hydroxylation sites is 2. The van der Waals surface area contributed by atoms with Gasteiger partial charge in [0.15, 0.2) is 0 Å². The van der Waals surface area contributed by atoms with E-state index in [9.17, 15) is 0 Å². The summed E-state index contributed by atoms with van der Waals surface area (Å²) in [7, 11) is 0. The van der Waals surface area contributed by atoms with Gasteiger partial charge in [0.05, 0.1) is 0 Å². The summed E-state index contributed by atoms with van der Waals surface area (Å²) in [4.78, 5) is 0. The molecule has 2 heteroatoms. The molecule has 32 heavy (non-hydrogen) atoms. The number of furan rings is 1. The summed E-state index contributed by atoms with van der Waals surface area (Å²) in [6.45, 7) is 0. The van der Waals surface area contributed by atoms with Gasteiger partial charge in [-0.25, -0.2) is 0 Å². The van der Waals surface area contributed by atoms with Crippen LogP contribution in [0.15, 0.2) is 120 Å². The molecule has 152 valence electrons. The van der Waals surface area contributed by atoms with Crippen LogP contribution in [0.4, 0.5) is 0 Å². The Balaban J connectivity index is 1.39. The highest BCUT2D eigenvalue weighted by Crippen LogP contribution is 2.36. The Morgan fingerprint density at radius 1 is 0.469 bits per heavy atom. The maximum atomic E-state index is 6.22. The van der Waals surface area contributed by atoms with Gasteiger partial charge >= 0.3 is 0 Å². The van der Waals surface area contributed by atoms with E-state index in [-0.39, 0.29) is 0 Å². The first-order valence-electron chi connectivity index (χ1n) is 10.6. The van der Waals surface area contributed by atoms with Gasteiger partial charge in [0.2, 0.25) is 0 Å². The first-order valence-corrected chi connectivity index (χ1v) is 11.0. The van der Waals surface area contributed by atoms with Crippen molar-refractivity contribution in [3.8, 4) is 33.4 Å². The Bertz CT molecular complexity index is 1570. The van der Waals surface area contributed by atoms with Gasteiger partial charge in [-0.15, -0.1) is 0 Å². The van der Waals surface area contributed by atoms with Crippen molar-refractivity contribution in [3.05, 3.63) is 120 Å². The third-order valence-corrected chi connectivity index (χ3v) is 6.19. The smallest absolute Gasteiger partial charge is 0.143 e. The normalized spacial score (nSPS) is 11.3. The van der Waals surface area contributed by atoms with Crippen molar-refractivity contribution in [2.75, 3.05) is 0 Å². The summed E-state index contributed by atoms with van der Waals surface area (Å²) < 4.78 is 6.22. The van der Waals surface area contributed by atoms with Crippen LogP contribution >= 0.6 is 11.6 Å². The van der Waals surface area contributed by atoms with E-state index in [4.69, 9.17) is 16.0 Å². The van der Waals surface area contributed by atoms with Crippen LogP contribution in [-0.4, -0.2) is 0 Å². The first kappa shape index (κ1) is 18.9. The van der Waals surface area contributed by atoms with Crippen LogP contribution < -0.4 is 0 Å². The molecule has 0 saturated heterocycles. The molecule has 6 rings (SSSR count). The van der Waals surface area contributed by atoms with E-state index in [2.05, 4.69) is 84.9 Å². The van der Waals surface area contributed by atoms with Gasteiger partial charge in [0.25, 0.3) is 0 Å². The van der Waals surface area contributed by atoms with Gasteiger partial charge < -0.3 is 4.42 Å². The molecule has 0 aliphatic rings. The van der Waals surface area contributed by atoms with Crippen LogP contribution in [-0.2, 0) is 0 Å². The van der Waals surface area contributed by atoms with Crippen LogP contribution in [0.25, 0.3) is 55.3 Å². The van der Waals surface area contributed by atoms with Crippen LogP contribution in [0.1, 0.15) is 0 Å². The van der Waals surface area contributed by atoms with Crippen LogP contribution in [0, 0.1) is 0 Å². The zero-order valence-corrected chi connectivity index (χ0v) is 18.0. The van der Waals surface area contributed by atoms with Crippen molar-refractivity contribution in [1.29, 1.82) is 0 Å². The van der Waals surface area contributed by atoms with Gasteiger partial charge in [0.1, 0.15) is 11.2 Å². The van der Waals surface area contributed by atoms with Crippen molar-refractivity contribution in [2.45, 2.75) is 0 Å². The maximum absolute atomic E-state index is 6.22. The fraction of sp³-hybridized carbons (Fsp3) is 0. The SMILES string of the molecule is Clc1cccc(-c2cccc(-c3ccc(-c4cccc5c4oc4ccccc45)cc3)c2)c1. The average Bonchev–Trinajstić information content (AvgIpc) is 3.23. The van der Waals surface area contributed by atoms with E-state index in [1.807, 2.05) is 30.3 Å². The van der Waals surface area contributed by atoms with E-state index in [1.165, 1.54) is 11.1 Å².